The largest absolute Gasteiger partial charge is 0.361 e. The predicted molar refractivity (Wildman–Crippen MR) is 125 cm³/mol. The summed E-state index contributed by atoms with van der Waals surface area (Å²) in [6, 6.07) is 5.04. The number of hydrogen-bond donors (Lipinski definition) is 2. The highest BCUT2D eigenvalue weighted by molar-refractivity contribution is 7.91. The molecular weight excluding hydrogens is 412 g/mol. The normalized spacial score (nSPS) is 13.3. The zero-order chi connectivity index (χ0) is 23.0. The average Bonchev–Trinajstić information content (AvgIpc) is 3.15. The minimum absolute atomic E-state index is 0.00407. The molecule has 7 nitrogen and oxygen atoms in total. The van der Waals surface area contributed by atoms with Crippen LogP contribution >= 0.6 is 0 Å². The van der Waals surface area contributed by atoms with Crippen LogP contribution in [0.2, 0.25) is 0 Å². The number of hydrogen-bond acceptors (Lipinski definition) is 5. The highest BCUT2D eigenvalue weighted by Crippen LogP contribution is 2.18. The molecule has 1 heterocycles. The average molecular weight is 449 g/mol. The van der Waals surface area contributed by atoms with Gasteiger partial charge < -0.3 is 15.2 Å². The van der Waals surface area contributed by atoms with Crippen molar-refractivity contribution in [3.63, 3.8) is 0 Å². The maximum atomic E-state index is 13.0. The van der Waals surface area contributed by atoms with Gasteiger partial charge in [0.05, 0.1) is 22.9 Å². The van der Waals surface area contributed by atoms with E-state index in [2.05, 4.69) is 20.8 Å². The summed E-state index contributed by atoms with van der Waals surface area (Å²) in [5, 5.41) is 10.7. The van der Waals surface area contributed by atoms with Crippen LogP contribution in [0.5, 0.6) is 0 Å². The fourth-order valence-electron chi connectivity index (χ4n) is 3.32. The Labute approximate surface area is 186 Å². The van der Waals surface area contributed by atoms with Crippen molar-refractivity contribution in [2.75, 3.05) is 12.3 Å². The van der Waals surface area contributed by atoms with E-state index in [0.717, 1.165) is 41.0 Å². The fourth-order valence-corrected chi connectivity index (χ4v) is 4.99. The maximum Gasteiger partial charge on any atom is 0.191 e. The molecule has 0 amide bonds. The van der Waals surface area contributed by atoms with Gasteiger partial charge in [0, 0.05) is 24.6 Å². The summed E-state index contributed by atoms with van der Waals surface area (Å²) in [7, 11) is -3.42. The molecule has 0 fully saturated rings. The molecule has 0 saturated heterocycles. The van der Waals surface area contributed by atoms with Crippen molar-refractivity contribution in [1.29, 1.82) is 0 Å². The smallest absolute Gasteiger partial charge is 0.191 e. The van der Waals surface area contributed by atoms with Gasteiger partial charge in [0.2, 0.25) is 0 Å². The predicted octanol–water partition coefficient (Wildman–Crippen LogP) is 3.72. The number of guanidine groups is 1. The van der Waals surface area contributed by atoms with Crippen LogP contribution in [-0.2, 0) is 29.2 Å². The summed E-state index contributed by atoms with van der Waals surface area (Å²) in [5.74, 6) is 1.44. The number of aryl methyl sites for hydroxylation is 4. The van der Waals surface area contributed by atoms with E-state index in [1.807, 2.05) is 47.6 Å². The lowest BCUT2D eigenvalue weighted by molar-refractivity contribution is 0.380. The molecule has 1 unspecified atom stereocenters. The number of aromatic nitrogens is 1. The second-order valence-electron chi connectivity index (χ2n) is 7.71. The third kappa shape index (κ3) is 6.56. The molecule has 2 aromatic rings. The van der Waals surface area contributed by atoms with Gasteiger partial charge in [0.1, 0.15) is 5.76 Å². The van der Waals surface area contributed by atoms with Crippen molar-refractivity contribution in [1.82, 2.24) is 15.8 Å². The van der Waals surface area contributed by atoms with E-state index in [9.17, 15) is 8.42 Å². The Morgan fingerprint density at radius 2 is 1.87 bits per heavy atom. The molecule has 0 spiro atoms. The Balaban J connectivity index is 2.19. The molecule has 0 radical (unpaired) electrons. The molecule has 0 aliphatic carbocycles. The van der Waals surface area contributed by atoms with Gasteiger partial charge in [-0.15, -0.1) is 0 Å². The first kappa shape index (κ1) is 24.9. The van der Waals surface area contributed by atoms with Gasteiger partial charge in [-0.1, -0.05) is 32.0 Å². The van der Waals surface area contributed by atoms with Crippen LogP contribution in [0.15, 0.2) is 32.6 Å². The second kappa shape index (κ2) is 11.3. The lowest BCUT2D eigenvalue weighted by Crippen LogP contribution is -2.46. The Bertz CT molecular complexity index is 975. The van der Waals surface area contributed by atoms with E-state index >= 15 is 0 Å². The molecule has 31 heavy (non-hydrogen) atoms. The minimum Gasteiger partial charge on any atom is -0.361 e. The molecule has 1 aromatic heterocycles. The molecule has 2 rings (SSSR count). The molecule has 0 bridgehead atoms. The number of nitrogens with one attached hydrogen (secondary N) is 2. The Kier molecular flexibility index (Phi) is 9.10. The topological polar surface area (TPSA) is 96.6 Å². The van der Waals surface area contributed by atoms with E-state index in [-0.39, 0.29) is 11.8 Å². The number of rotatable bonds is 10. The van der Waals surface area contributed by atoms with Crippen LogP contribution in [0.1, 0.15) is 62.3 Å². The zero-order valence-corrected chi connectivity index (χ0v) is 20.4. The quantitative estimate of drug-likeness (QED) is 0.425. The Morgan fingerprint density at radius 3 is 2.45 bits per heavy atom. The molecule has 8 heteroatoms. The number of nitrogens with zero attached hydrogens (tertiary/aromatic N) is 2. The number of aliphatic imine (C=N–C) groups is 1. The van der Waals surface area contributed by atoms with Crippen molar-refractivity contribution in [2.45, 2.75) is 78.3 Å². The van der Waals surface area contributed by atoms with Gasteiger partial charge in [-0.2, -0.15) is 0 Å². The first-order valence-corrected chi connectivity index (χ1v) is 12.7. The first-order chi connectivity index (χ1) is 14.7. The summed E-state index contributed by atoms with van der Waals surface area (Å²) >= 11 is 0. The molecule has 0 aliphatic rings. The van der Waals surface area contributed by atoms with Gasteiger partial charge >= 0.3 is 0 Å². The van der Waals surface area contributed by atoms with Crippen molar-refractivity contribution >= 4 is 15.8 Å². The summed E-state index contributed by atoms with van der Waals surface area (Å²) in [6.45, 7) is 13.0. The third-order valence-electron chi connectivity index (χ3n) is 5.44. The van der Waals surface area contributed by atoms with Crippen LogP contribution in [0.3, 0.4) is 0 Å². The van der Waals surface area contributed by atoms with Crippen LogP contribution in [0.4, 0.5) is 0 Å². The van der Waals surface area contributed by atoms with Crippen LogP contribution in [0, 0.1) is 13.8 Å². The zero-order valence-electron chi connectivity index (χ0n) is 19.6. The van der Waals surface area contributed by atoms with E-state index < -0.39 is 9.84 Å². The minimum atomic E-state index is -3.42. The summed E-state index contributed by atoms with van der Waals surface area (Å²) in [6.07, 6.45) is 2.19. The molecule has 1 aromatic carbocycles. The SMILES string of the molecule is CCNC(=NCc1c(CC)noc1CC)NC(CC)CS(=O)(=O)c1ccc(C)c(C)c1. The van der Waals surface area contributed by atoms with Gasteiger partial charge in [-0.3, -0.25) is 0 Å². The fraction of sp³-hybridized carbons (Fsp3) is 0.565. The molecule has 0 aliphatic heterocycles. The molecular formula is C23H36N4O3S. The summed E-state index contributed by atoms with van der Waals surface area (Å²) in [4.78, 5) is 5.05. The first-order valence-electron chi connectivity index (χ1n) is 11.1. The molecule has 0 saturated carbocycles. The van der Waals surface area contributed by atoms with Gasteiger partial charge in [0.25, 0.3) is 0 Å². The Hall–Kier alpha value is -2.35. The molecule has 172 valence electrons. The van der Waals surface area contributed by atoms with Crippen molar-refractivity contribution < 1.29 is 12.9 Å². The van der Waals surface area contributed by atoms with Crippen LogP contribution < -0.4 is 10.6 Å². The van der Waals surface area contributed by atoms with Crippen molar-refractivity contribution in [2.24, 2.45) is 4.99 Å². The van der Waals surface area contributed by atoms with Crippen LogP contribution in [0.25, 0.3) is 0 Å². The molecule has 2 N–H and O–H groups in total. The third-order valence-corrected chi connectivity index (χ3v) is 7.25. The number of sulfone groups is 1. The van der Waals surface area contributed by atoms with E-state index in [4.69, 9.17) is 4.52 Å². The lowest BCUT2D eigenvalue weighted by Gasteiger charge is -2.20. The summed E-state index contributed by atoms with van der Waals surface area (Å²) < 4.78 is 31.4. The monoisotopic (exact) mass is 448 g/mol. The highest BCUT2D eigenvalue weighted by atomic mass is 32.2. The second-order valence-corrected chi connectivity index (χ2v) is 9.74. The standard InChI is InChI=1S/C23H36N4O3S/c1-7-18(15-31(28,29)19-12-11-16(5)17(6)13-19)26-23(24-10-4)25-14-20-21(8-2)27-30-22(20)9-3/h11-13,18H,7-10,14-15H2,1-6H3,(H2,24,25,26). The Morgan fingerprint density at radius 1 is 1.13 bits per heavy atom. The lowest BCUT2D eigenvalue weighted by atomic mass is 10.1. The molecule has 1 atom stereocenters. The van der Waals surface area contributed by atoms with Crippen molar-refractivity contribution in [3.05, 3.63) is 46.3 Å². The van der Waals surface area contributed by atoms with Gasteiger partial charge in [-0.25, -0.2) is 13.4 Å². The summed E-state index contributed by atoms with van der Waals surface area (Å²) in [5.41, 5.74) is 3.99. The van der Waals surface area contributed by atoms with E-state index in [1.54, 1.807) is 12.1 Å². The van der Waals surface area contributed by atoms with Crippen LogP contribution in [-0.4, -0.2) is 37.9 Å². The maximum absolute atomic E-state index is 13.0. The van der Waals surface area contributed by atoms with Gasteiger partial charge in [0.15, 0.2) is 15.8 Å². The van der Waals surface area contributed by atoms with Crippen molar-refractivity contribution in [3.8, 4) is 0 Å². The highest BCUT2D eigenvalue weighted by Gasteiger charge is 2.22. The van der Waals surface area contributed by atoms with Gasteiger partial charge in [-0.05, 0) is 56.9 Å². The van der Waals surface area contributed by atoms with E-state index in [1.165, 1.54) is 0 Å². The van der Waals surface area contributed by atoms with E-state index in [0.29, 0.717) is 30.4 Å². The number of benzene rings is 1.